The average molecular weight is 248 g/mol. The maximum Gasteiger partial charge on any atom is 0.138 e. The van der Waals surface area contributed by atoms with Gasteiger partial charge in [-0.1, -0.05) is 20.8 Å². The van der Waals surface area contributed by atoms with Gasteiger partial charge in [0, 0.05) is 31.6 Å². The van der Waals surface area contributed by atoms with E-state index in [-0.39, 0.29) is 5.41 Å². The van der Waals surface area contributed by atoms with E-state index in [9.17, 15) is 0 Å². The van der Waals surface area contributed by atoms with E-state index in [0.29, 0.717) is 6.04 Å². The predicted molar refractivity (Wildman–Crippen MR) is 76.3 cm³/mol. The highest BCUT2D eigenvalue weighted by Gasteiger charge is 2.25. The van der Waals surface area contributed by atoms with Gasteiger partial charge in [-0.05, 0) is 19.3 Å². The maximum absolute atomic E-state index is 4.73. The zero-order valence-corrected chi connectivity index (χ0v) is 12.1. The summed E-state index contributed by atoms with van der Waals surface area (Å²) in [7, 11) is 4.04. The Balaban J connectivity index is 2.34. The summed E-state index contributed by atoms with van der Waals surface area (Å²) in [6.07, 6.45) is 3.89. The van der Waals surface area contributed by atoms with Crippen LogP contribution in [0.25, 0.3) is 0 Å². The summed E-state index contributed by atoms with van der Waals surface area (Å²) in [6.45, 7) is 6.44. The first-order valence-electron chi connectivity index (χ1n) is 6.72. The minimum absolute atomic E-state index is 0.0257. The SMILES string of the molecule is CNc1cc(N(C)C2CCC2)nc(C(C)(C)C)n1. The van der Waals surface area contributed by atoms with Gasteiger partial charge in [0.2, 0.25) is 0 Å². The molecule has 0 aliphatic heterocycles. The van der Waals surface area contributed by atoms with Crippen LogP contribution in [0.15, 0.2) is 6.07 Å². The van der Waals surface area contributed by atoms with Crippen LogP contribution in [-0.4, -0.2) is 30.1 Å². The zero-order chi connectivity index (χ0) is 13.3. The summed E-state index contributed by atoms with van der Waals surface area (Å²) >= 11 is 0. The largest absolute Gasteiger partial charge is 0.373 e. The number of nitrogens with one attached hydrogen (secondary N) is 1. The molecular weight excluding hydrogens is 224 g/mol. The number of rotatable bonds is 3. The molecule has 1 fully saturated rings. The zero-order valence-electron chi connectivity index (χ0n) is 12.1. The van der Waals surface area contributed by atoms with Crippen molar-refractivity contribution in [3.05, 3.63) is 11.9 Å². The minimum Gasteiger partial charge on any atom is -0.373 e. The first-order valence-corrected chi connectivity index (χ1v) is 6.72. The minimum atomic E-state index is -0.0257. The molecule has 0 aromatic carbocycles. The molecule has 0 radical (unpaired) electrons. The molecule has 1 aromatic heterocycles. The Morgan fingerprint density at radius 3 is 2.39 bits per heavy atom. The number of hydrogen-bond acceptors (Lipinski definition) is 4. The van der Waals surface area contributed by atoms with E-state index in [0.717, 1.165) is 17.5 Å². The predicted octanol–water partition coefficient (Wildman–Crippen LogP) is 2.80. The topological polar surface area (TPSA) is 41.0 Å². The van der Waals surface area contributed by atoms with E-state index in [1.54, 1.807) is 0 Å². The van der Waals surface area contributed by atoms with E-state index in [1.807, 2.05) is 13.1 Å². The van der Waals surface area contributed by atoms with Crippen LogP contribution in [0.2, 0.25) is 0 Å². The van der Waals surface area contributed by atoms with E-state index in [1.165, 1.54) is 19.3 Å². The van der Waals surface area contributed by atoms with Crippen molar-refractivity contribution in [2.24, 2.45) is 0 Å². The first-order chi connectivity index (χ1) is 8.41. The number of hydrogen-bond donors (Lipinski definition) is 1. The molecule has 1 aromatic rings. The highest BCUT2D eigenvalue weighted by atomic mass is 15.2. The lowest BCUT2D eigenvalue weighted by molar-refractivity contribution is 0.398. The van der Waals surface area contributed by atoms with Crippen LogP contribution in [0.1, 0.15) is 45.9 Å². The molecule has 0 amide bonds. The molecule has 0 spiro atoms. The van der Waals surface area contributed by atoms with E-state index in [4.69, 9.17) is 4.98 Å². The van der Waals surface area contributed by atoms with Gasteiger partial charge in [-0.25, -0.2) is 9.97 Å². The van der Waals surface area contributed by atoms with Crippen molar-refractivity contribution >= 4 is 11.6 Å². The van der Waals surface area contributed by atoms with Gasteiger partial charge in [0.1, 0.15) is 17.5 Å². The van der Waals surface area contributed by atoms with Gasteiger partial charge in [0.05, 0.1) is 0 Å². The molecule has 18 heavy (non-hydrogen) atoms. The van der Waals surface area contributed by atoms with Crippen molar-refractivity contribution in [1.29, 1.82) is 0 Å². The fraction of sp³-hybridized carbons (Fsp3) is 0.714. The summed E-state index contributed by atoms with van der Waals surface area (Å²) in [4.78, 5) is 11.6. The van der Waals surface area contributed by atoms with Gasteiger partial charge in [0.25, 0.3) is 0 Å². The van der Waals surface area contributed by atoms with Crippen molar-refractivity contribution in [1.82, 2.24) is 9.97 Å². The molecule has 1 aliphatic rings. The van der Waals surface area contributed by atoms with E-state index in [2.05, 4.69) is 43.0 Å². The Labute approximate surface area is 110 Å². The molecule has 4 heteroatoms. The third kappa shape index (κ3) is 2.57. The standard InChI is InChI=1S/C14H24N4/c1-14(2,3)13-16-11(15-4)9-12(17-13)18(5)10-7-6-8-10/h9-10H,6-8H2,1-5H3,(H,15,16,17). The Morgan fingerprint density at radius 2 is 1.94 bits per heavy atom. The molecule has 0 bridgehead atoms. The smallest absolute Gasteiger partial charge is 0.138 e. The third-order valence-corrected chi connectivity index (χ3v) is 3.62. The fourth-order valence-electron chi connectivity index (χ4n) is 2.04. The Kier molecular flexibility index (Phi) is 3.46. The number of nitrogens with zero attached hydrogens (tertiary/aromatic N) is 3. The lowest BCUT2D eigenvalue weighted by atomic mass is 9.92. The molecule has 1 heterocycles. The van der Waals surface area contributed by atoms with Gasteiger partial charge >= 0.3 is 0 Å². The van der Waals surface area contributed by atoms with E-state index < -0.39 is 0 Å². The second-order valence-electron chi connectivity index (χ2n) is 6.13. The maximum atomic E-state index is 4.73. The summed E-state index contributed by atoms with van der Waals surface area (Å²) in [5.41, 5.74) is -0.0257. The highest BCUT2D eigenvalue weighted by molar-refractivity contribution is 5.50. The van der Waals surface area contributed by atoms with Crippen LogP contribution >= 0.6 is 0 Å². The normalized spacial score (nSPS) is 16.3. The number of anilines is 2. The van der Waals surface area contributed by atoms with Crippen molar-refractivity contribution in [2.45, 2.75) is 51.5 Å². The van der Waals surface area contributed by atoms with Crippen LogP contribution in [0.5, 0.6) is 0 Å². The first kappa shape index (κ1) is 13.1. The average Bonchev–Trinajstić information content (AvgIpc) is 2.24. The summed E-state index contributed by atoms with van der Waals surface area (Å²) in [6, 6.07) is 2.69. The van der Waals surface area contributed by atoms with Crippen LogP contribution in [0, 0.1) is 0 Å². The monoisotopic (exact) mass is 248 g/mol. The molecule has 0 atom stereocenters. The molecule has 1 aliphatic carbocycles. The van der Waals surface area contributed by atoms with Crippen molar-refractivity contribution in [3.8, 4) is 0 Å². The van der Waals surface area contributed by atoms with Crippen LogP contribution in [-0.2, 0) is 5.41 Å². The Morgan fingerprint density at radius 1 is 1.28 bits per heavy atom. The molecule has 2 rings (SSSR count). The molecule has 4 nitrogen and oxygen atoms in total. The van der Waals surface area contributed by atoms with Crippen LogP contribution in [0.4, 0.5) is 11.6 Å². The lowest BCUT2D eigenvalue weighted by Gasteiger charge is -2.36. The second-order valence-corrected chi connectivity index (χ2v) is 6.13. The number of aromatic nitrogens is 2. The van der Waals surface area contributed by atoms with Crippen molar-refractivity contribution in [3.63, 3.8) is 0 Å². The molecule has 1 N–H and O–H groups in total. The van der Waals surface area contributed by atoms with Gasteiger partial charge in [0.15, 0.2) is 0 Å². The van der Waals surface area contributed by atoms with Gasteiger partial charge in [-0.2, -0.15) is 0 Å². The fourth-order valence-corrected chi connectivity index (χ4v) is 2.04. The van der Waals surface area contributed by atoms with Crippen molar-refractivity contribution in [2.75, 3.05) is 24.3 Å². The Bertz CT molecular complexity index is 418. The molecule has 100 valence electrons. The quantitative estimate of drug-likeness (QED) is 0.893. The Hall–Kier alpha value is -1.32. The lowest BCUT2D eigenvalue weighted by Crippen LogP contribution is -2.38. The van der Waals surface area contributed by atoms with Gasteiger partial charge < -0.3 is 10.2 Å². The van der Waals surface area contributed by atoms with Crippen LogP contribution < -0.4 is 10.2 Å². The van der Waals surface area contributed by atoms with Crippen molar-refractivity contribution < 1.29 is 0 Å². The molecule has 0 unspecified atom stereocenters. The third-order valence-electron chi connectivity index (χ3n) is 3.62. The summed E-state index contributed by atoms with van der Waals surface area (Å²) in [5, 5.41) is 3.13. The van der Waals surface area contributed by atoms with Gasteiger partial charge in [-0.3, -0.25) is 0 Å². The highest BCUT2D eigenvalue weighted by Crippen LogP contribution is 2.29. The molecular formula is C14H24N4. The van der Waals surface area contributed by atoms with Gasteiger partial charge in [-0.15, -0.1) is 0 Å². The molecule has 1 saturated carbocycles. The second kappa shape index (κ2) is 4.75. The summed E-state index contributed by atoms with van der Waals surface area (Å²) in [5.74, 6) is 2.83. The van der Waals surface area contributed by atoms with E-state index >= 15 is 0 Å². The van der Waals surface area contributed by atoms with Crippen LogP contribution in [0.3, 0.4) is 0 Å². The molecule has 0 saturated heterocycles. The summed E-state index contributed by atoms with van der Waals surface area (Å²) < 4.78 is 0.